The van der Waals surface area contributed by atoms with Crippen molar-refractivity contribution >= 4 is 15.9 Å². The summed E-state index contributed by atoms with van der Waals surface area (Å²) >= 11 is 3.48. The SMILES string of the molecule is NC(CCc1cccc(Br)c1)C1CC1. The van der Waals surface area contributed by atoms with Crippen LogP contribution in [0.5, 0.6) is 0 Å². The Morgan fingerprint density at radius 3 is 2.86 bits per heavy atom. The minimum Gasteiger partial charge on any atom is -0.327 e. The fraction of sp³-hybridized carbons (Fsp3) is 0.500. The van der Waals surface area contributed by atoms with Gasteiger partial charge in [0, 0.05) is 10.5 Å². The van der Waals surface area contributed by atoms with E-state index in [2.05, 4.69) is 40.2 Å². The first-order chi connectivity index (χ1) is 6.75. The van der Waals surface area contributed by atoms with Crippen molar-refractivity contribution in [1.29, 1.82) is 0 Å². The van der Waals surface area contributed by atoms with Gasteiger partial charge >= 0.3 is 0 Å². The molecular formula is C12H16BrN. The molecule has 1 aromatic carbocycles. The molecule has 0 bridgehead atoms. The fourth-order valence-electron chi connectivity index (χ4n) is 1.79. The molecule has 76 valence electrons. The quantitative estimate of drug-likeness (QED) is 0.877. The predicted octanol–water partition coefficient (Wildman–Crippen LogP) is 3.12. The Labute approximate surface area is 93.8 Å². The van der Waals surface area contributed by atoms with Crippen molar-refractivity contribution in [1.82, 2.24) is 0 Å². The van der Waals surface area contributed by atoms with Crippen molar-refractivity contribution in [2.45, 2.75) is 31.7 Å². The maximum absolute atomic E-state index is 6.05. The number of hydrogen-bond donors (Lipinski definition) is 1. The summed E-state index contributed by atoms with van der Waals surface area (Å²) in [6, 6.07) is 8.92. The van der Waals surface area contributed by atoms with Gasteiger partial charge in [0.2, 0.25) is 0 Å². The van der Waals surface area contributed by atoms with Crippen LogP contribution in [-0.2, 0) is 6.42 Å². The number of hydrogen-bond acceptors (Lipinski definition) is 1. The molecule has 1 aliphatic carbocycles. The average molecular weight is 254 g/mol. The van der Waals surface area contributed by atoms with Crippen molar-refractivity contribution in [2.24, 2.45) is 11.7 Å². The van der Waals surface area contributed by atoms with Crippen molar-refractivity contribution in [2.75, 3.05) is 0 Å². The second-order valence-corrected chi connectivity index (χ2v) is 5.09. The van der Waals surface area contributed by atoms with Gasteiger partial charge in [-0.2, -0.15) is 0 Å². The van der Waals surface area contributed by atoms with Crippen LogP contribution in [0.3, 0.4) is 0 Å². The lowest BCUT2D eigenvalue weighted by Crippen LogP contribution is -2.22. The molecule has 0 saturated heterocycles. The highest BCUT2D eigenvalue weighted by Gasteiger charge is 2.27. The lowest BCUT2D eigenvalue weighted by atomic mass is 10.0. The van der Waals surface area contributed by atoms with Gasteiger partial charge < -0.3 is 5.73 Å². The summed E-state index contributed by atoms with van der Waals surface area (Å²) in [6.07, 6.45) is 4.93. The van der Waals surface area contributed by atoms with Crippen LogP contribution < -0.4 is 5.73 Å². The molecule has 1 nitrogen and oxygen atoms in total. The summed E-state index contributed by atoms with van der Waals surface area (Å²) in [4.78, 5) is 0. The molecule has 1 fully saturated rings. The Kier molecular flexibility index (Phi) is 3.24. The maximum atomic E-state index is 6.05. The van der Waals surface area contributed by atoms with Gasteiger partial charge in [-0.25, -0.2) is 0 Å². The summed E-state index contributed by atoms with van der Waals surface area (Å²) in [5.74, 6) is 0.821. The van der Waals surface area contributed by atoms with Crippen molar-refractivity contribution in [3.05, 3.63) is 34.3 Å². The maximum Gasteiger partial charge on any atom is 0.0177 e. The molecule has 0 aromatic heterocycles. The van der Waals surface area contributed by atoms with Crippen LogP contribution in [0.25, 0.3) is 0 Å². The van der Waals surface area contributed by atoms with Gasteiger partial charge in [-0.3, -0.25) is 0 Å². The minimum absolute atomic E-state index is 0.425. The number of rotatable bonds is 4. The third kappa shape index (κ3) is 2.82. The zero-order valence-corrected chi connectivity index (χ0v) is 9.83. The smallest absolute Gasteiger partial charge is 0.0177 e. The van der Waals surface area contributed by atoms with Gasteiger partial charge in [0.1, 0.15) is 0 Å². The van der Waals surface area contributed by atoms with Crippen molar-refractivity contribution in [3.63, 3.8) is 0 Å². The van der Waals surface area contributed by atoms with Crippen LogP contribution in [-0.4, -0.2) is 6.04 Å². The van der Waals surface area contributed by atoms with E-state index in [1.165, 1.54) is 18.4 Å². The van der Waals surface area contributed by atoms with E-state index in [0.29, 0.717) is 6.04 Å². The van der Waals surface area contributed by atoms with Gasteiger partial charge in [0.15, 0.2) is 0 Å². The summed E-state index contributed by atoms with van der Waals surface area (Å²) in [7, 11) is 0. The number of nitrogens with two attached hydrogens (primary N) is 1. The number of benzene rings is 1. The van der Waals surface area contributed by atoms with Crippen LogP contribution >= 0.6 is 15.9 Å². The van der Waals surface area contributed by atoms with Crippen LogP contribution in [0.4, 0.5) is 0 Å². The standard InChI is InChI=1S/C12H16BrN/c13-11-3-1-2-9(8-11)4-7-12(14)10-5-6-10/h1-3,8,10,12H,4-7,14H2. The summed E-state index contributed by atoms with van der Waals surface area (Å²) in [5.41, 5.74) is 7.44. The molecule has 1 aromatic rings. The molecule has 0 aliphatic heterocycles. The van der Waals surface area contributed by atoms with Crippen LogP contribution in [0.1, 0.15) is 24.8 Å². The second-order valence-electron chi connectivity index (χ2n) is 4.17. The highest BCUT2D eigenvalue weighted by molar-refractivity contribution is 9.10. The number of aryl methyl sites for hydroxylation is 1. The van der Waals surface area contributed by atoms with Crippen LogP contribution in [0.2, 0.25) is 0 Å². The molecule has 1 saturated carbocycles. The lowest BCUT2D eigenvalue weighted by Gasteiger charge is -2.09. The van der Waals surface area contributed by atoms with E-state index in [1.807, 2.05) is 0 Å². The van der Waals surface area contributed by atoms with Gasteiger partial charge in [-0.1, -0.05) is 28.1 Å². The Hall–Kier alpha value is -0.340. The van der Waals surface area contributed by atoms with Gasteiger partial charge in [0.25, 0.3) is 0 Å². The third-order valence-electron chi connectivity index (χ3n) is 2.88. The van der Waals surface area contributed by atoms with E-state index in [4.69, 9.17) is 5.73 Å². The molecule has 14 heavy (non-hydrogen) atoms. The first-order valence-electron chi connectivity index (χ1n) is 5.26. The summed E-state index contributed by atoms with van der Waals surface area (Å²) in [6.45, 7) is 0. The fourth-order valence-corrected chi connectivity index (χ4v) is 2.23. The van der Waals surface area contributed by atoms with E-state index >= 15 is 0 Å². The topological polar surface area (TPSA) is 26.0 Å². The van der Waals surface area contributed by atoms with E-state index < -0.39 is 0 Å². The lowest BCUT2D eigenvalue weighted by molar-refractivity contribution is 0.550. The number of halogens is 1. The molecule has 1 atom stereocenters. The van der Waals surface area contributed by atoms with Crippen molar-refractivity contribution < 1.29 is 0 Å². The van der Waals surface area contributed by atoms with Gasteiger partial charge in [0.05, 0.1) is 0 Å². The van der Waals surface area contributed by atoms with E-state index in [1.54, 1.807) is 0 Å². The van der Waals surface area contributed by atoms with Gasteiger partial charge in [-0.15, -0.1) is 0 Å². The Bertz CT molecular complexity index is 307. The molecule has 1 unspecified atom stereocenters. The molecule has 2 rings (SSSR count). The van der Waals surface area contributed by atoms with Crippen LogP contribution in [0.15, 0.2) is 28.7 Å². The molecule has 0 radical (unpaired) electrons. The van der Waals surface area contributed by atoms with E-state index in [-0.39, 0.29) is 0 Å². The molecule has 1 aliphatic rings. The Balaban J connectivity index is 1.84. The summed E-state index contributed by atoms with van der Waals surface area (Å²) in [5, 5.41) is 0. The Morgan fingerprint density at radius 2 is 2.21 bits per heavy atom. The van der Waals surface area contributed by atoms with E-state index in [0.717, 1.165) is 23.2 Å². The predicted molar refractivity (Wildman–Crippen MR) is 63.2 cm³/mol. The largest absolute Gasteiger partial charge is 0.327 e. The zero-order valence-electron chi connectivity index (χ0n) is 8.25. The first kappa shape index (κ1) is 10.2. The zero-order chi connectivity index (χ0) is 9.97. The first-order valence-corrected chi connectivity index (χ1v) is 6.05. The third-order valence-corrected chi connectivity index (χ3v) is 3.38. The second kappa shape index (κ2) is 4.45. The Morgan fingerprint density at radius 1 is 1.43 bits per heavy atom. The molecule has 0 heterocycles. The molecule has 2 heteroatoms. The van der Waals surface area contributed by atoms with E-state index in [9.17, 15) is 0 Å². The molecule has 0 amide bonds. The average Bonchev–Trinajstić information content (AvgIpc) is 2.97. The highest BCUT2D eigenvalue weighted by Crippen LogP contribution is 2.33. The molecule has 2 N–H and O–H groups in total. The monoisotopic (exact) mass is 253 g/mol. The summed E-state index contributed by atoms with van der Waals surface area (Å²) < 4.78 is 1.16. The van der Waals surface area contributed by atoms with Crippen molar-refractivity contribution in [3.8, 4) is 0 Å². The molecular weight excluding hydrogens is 238 g/mol. The highest BCUT2D eigenvalue weighted by atomic mass is 79.9. The van der Waals surface area contributed by atoms with Crippen LogP contribution in [0, 0.1) is 5.92 Å². The minimum atomic E-state index is 0.425. The molecule has 0 spiro atoms. The normalized spacial score (nSPS) is 18.1. The van der Waals surface area contributed by atoms with Gasteiger partial charge in [-0.05, 0) is 49.3 Å².